The number of hydrogen-bond acceptors (Lipinski definition) is 1. The van der Waals surface area contributed by atoms with Crippen LogP contribution in [-0.2, 0) is 4.74 Å². The minimum Gasteiger partial charge on any atom is -0.356 e. The maximum atomic E-state index is 11.1. The molecule has 1 nitrogen and oxygen atoms in total. The molecule has 0 aliphatic heterocycles. The lowest BCUT2D eigenvalue weighted by Crippen LogP contribution is -2.16. The van der Waals surface area contributed by atoms with E-state index in [1.54, 1.807) is 0 Å². The van der Waals surface area contributed by atoms with Crippen LogP contribution in [0.25, 0.3) is 0 Å². The Morgan fingerprint density at radius 2 is 1.88 bits per heavy atom. The Hall–Kier alpha value is 0.0400. The van der Waals surface area contributed by atoms with Gasteiger partial charge in [-0.2, -0.15) is 13.2 Å². The summed E-state index contributed by atoms with van der Waals surface area (Å²) in [5.41, 5.74) is 0. The molecule has 0 atom stereocenters. The summed E-state index contributed by atoms with van der Waals surface area (Å²) in [6.45, 7) is -1.27. The maximum Gasteiger partial charge on any atom is 0.411 e. The SMILES string of the molecule is FC(F)(F)COCCl. The van der Waals surface area contributed by atoms with Crippen molar-refractivity contribution in [3.63, 3.8) is 0 Å². The molecule has 0 heterocycles. The van der Waals surface area contributed by atoms with Crippen LogP contribution in [0, 0.1) is 0 Å². The third-order valence-electron chi connectivity index (χ3n) is 0.343. The first-order chi connectivity index (χ1) is 3.56. The molecule has 0 N–H and O–H groups in total. The zero-order valence-electron chi connectivity index (χ0n) is 3.83. The third-order valence-corrected chi connectivity index (χ3v) is 0.497. The fourth-order valence-electron chi connectivity index (χ4n) is 0.154. The lowest BCUT2D eigenvalue weighted by Gasteiger charge is -2.02. The molecule has 0 aliphatic carbocycles. The van der Waals surface area contributed by atoms with Gasteiger partial charge in [-0.25, -0.2) is 0 Å². The highest BCUT2D eigenvalue weighted by atomic mass is 35.5. The van der Waals surface area contributed by atoms with Crippen LogP contribution in [0.15, 0.2) is 0 Å². The van der Waals surface area contributed by atoms with Gasteiger partial charge >= 0.3 is 6.18 Å². The molecule has 0 aromatic heterocycles. The number of hydrogen-bond donors (Lipinski definition) is 0. The highest BCUT2D eigenvalue weighted by Gasteiger charge is 2.26. The van der Waals surface area contributed by atoms with Gasteiger partial charge in [-0.3, -0.25) is 0 Å². The van der Waals surface area contributed by atoms with Gasteiger partial charge in [0, 0.05) is 0 Å². The first-order valence-corrected chi connectivity index (χ1v) is 2.30. The summed E-state index contributed by atoms with van der Waals surface area (Å²) in [4.78, 5) is 0. The van der Waals surface area contributed by atoms with Crippen LogP contribution in [-0.4, -0.2) is 18.8 Å². The van der Waals surface area contributed by atoms with Crippen LogP contribution in [0.5, 0.6) is 0 Å². The lowest BCUT2D eigenvalue weighted by molar-refractivity contribution is -0.169. The lowest BCUT2D eigenvalue weighted by atomic mass is 10.7. The topological polar surface area (TPSA) is 9.23 Å². The molecule has 0 rings (SSSR count). The molecule has 0 spiro atoms. The molecule has 0 amide bonds. The average Bonchev–Trinajstić information content (AvgIpc) is 1.59. The van der Waals surface area contributed by atoms with Crippen molar-refractivity contribution in [3.05, 3.63) is 0 Å². The molecule has 0 saturated heterocycles. The van der Waals surface area contributed by atoms with Crippen molar-refractivity contribution in [1.29, 1.82) is 0 Å². The van der Waals surface area contributed by atoms with Gasteiger partial charge in [-0.1, -0.05) is 11.6 Å². The van der Waals surface area contributed by atoms with Gasteiger partial charge in [0.2, 0.25) is 0 Å². The first kappa shape index (κ1) is 8.04. The Kier molecular flexibility index (Phi) is 3.16. The van der Waals surface area contributed by atoms with Gasteiger partial charge in [0.15, 0.2) is 0 Å². The van der Waals surface area contributed by atoms with Crippen molar-refractivity contribution in [2.45, 2.75) is 6.18 Å². The molecule has 0 fully saturated rings. The van der Waals surface area contributed by atoms with Crippen LogP contribution in [0.3, 0.4) is 0 Å². The van der Waals surface area contributed by atoms with E-state index in [9.17, 15) is 13.2 Å². The van der Waals surface area contributed by atoms with E-state index < -0.39 is 18.8 Å². The number of rotatable bonds is 2. The fraction of sp³-hybridized carbons (Fsp3) is 1.00. The summed E-state index contributed by atoms with van der Waals surface area (Å²) < 4.78 is 37.0. The standard InChI is InChI=1S/C3H4ClF3O/c4-2-8-1-3(5,6)7/h1-2H2. The molecule has 0 saturated carbocycles. The highest BCUT2D eigenvalue weighted by molar-refractivity contribution is 6.17. The third kappa shape index (κ3) is 6.04. The largest absolute Gasteiger partial charge is 0.411 e. The second-order valence-corrected chi connectivity index (χ2v) is 1.29. The van der Waals surface area contributed by atoms with Gasteiger partial charge in [0.05, 0.1) is 0 Å². The van der Waals surface area contributed by atoms with Crippen LogP contribution < -0.4 is 0 Å². The quantitative estimate of drug-likeness (QED) is 0.543. The summed E-state index contributed by atoms with van der Waals surface area (Å²) in [5.74, 6) is 0. The molecule has 0 aromatic rings. The Balaban J connectivity index is 3.11. The van der Waals surface area contributed by atoms with E-state index >= 15 is 0 Å². The molecular formula is C3H4ClF3O. The summed E-state index contributed by atoms with van der Waals surface area (Å²) in [6, 6.07) is -0.417. The molecule has 5 heteroatoms. The van der Waals surface area contributed by atoms with E-state index in [2.05, 4.69) is 4.74 Å². The Labute approximate surface area is 49.4 Å². The van der Waals surface area contributed by atoms with E-state index in [4.69, 9.17) is 11.6 Å². The number of alkyl halides is 4. The van der Waals surface area contributed by atoms with Crippen molar-refractivity contribution in [1.82, 2.24) is 0 Å². The van der Waals surface area contributed by atoms with E-state index in [1.165, 1.54) is 0 Å². The van der Waals surface area contributed by atoms with E-state index in [0.29, 0.717) is 0 Å². The van der Waals surface area contributed by atoms with Crippen molar-refractivity contribution in [2.75, 3.05) is 12.7 Å². The Morgan fingerprint density at radius 1 is 1.38 bits per heavy atom. The van der Waals surface area contributed by atoms with Gasteiger partial charge in [-0.05, 0) is 0 Å². The average molecular weight is 149 g/mol. The van der Waals surface area contributed by atoms with Gasteiger partial charge < -0.3 is 4.74 Å². The first-order valence-electron chi connectivity index (χ1n) is 1.77. The molecule has 0 aromatic carbocycles. The molecule has 8 heavy (non-hydrogen) atoms. The minimum atomic E-state index is -4.26. The van der Waals surface area contributed by atoms with Gasteiger partial charge in [0.1, 0.15) is 12.7 Å². The highest BCUT2D eigenvalue weighted by Crippen LogP contribution is 2.14. The maximum absolute atomic E-state index is 11.1. The van der Waals surface area contributed by atoms with E-state index in [0.717, 1.165) is 0 Å². The van der Waals surface area contributed by atoms with Gasteiger partial charge in [-0.15, -0.1) is 0 Å². The predicted molar refractivity (Wildman–Crippen MR) is 22.7 cm³/mol. The predicted octanol–water partition coefficient (Wildman–Crippen LogP) is 1.76. The monoisotopic (exact) mass is 148 g/mol. The molecular weight excluding hydrogens is 144 g/mol. The zero-order valence-corrected chi connectivity index (χ0v) is 4.59. The minimum absolute atomic E-state index is 0.417. The number of halogens is 4. The fourth-order valence-corrected chi connectivity index (χ4v) is 0.231. The van der Waals surface area contributed by atoms with Crippen LogP contribution >= 0.6 is 11.6 Å². The van der Waals surface area contributed by atoms with E-state index in [-0.39, 0.29) is 0 Å². The van der Waals surface area contributed by atoms with Crippen molar-refractivity contribution in [3.8, 4) is 0 Å². The van der Waals surface area contributed by atoms with Crippen LogP contribution in [0.2, 0.25) is 0 Å². The molecule has 50 valence electrons. The number of ether oxygens (including phenoxy) is 1. The molecule has 0 aliphatic rings. The summed E-state index contributed by atoms with van der Waals surface area (Å²) in [5, 5.41) is 0. The molecule has 0 unspecified atom stereocenters. The summed E-state index contributed by atoms with van der Waals surface area (Å²) >= 11 is 4.79. The second kappa shape index (κ2) is 3.14. The Morgan fingerprint density at radius 3 is 2.00 bits per heavy atom. The summed E-state index contributed by atoms with van der Waals surface area (Å²) in [6.07, 6.45) is -4.26. The second-order valence-electron chi connectivity index (χ2n) is 1.07. The molecule has 0 radical (unpaired) electrons. The zero-order chi connectivity index (χ0) is 6.62. The van der Waals surface area contributed by atoms with Crippen LogP contribution in [0.4, 0.5) is 13.2 Å². The van der Waals surface area contributed by atoms with Crippen molar-refractivity contribution in [2.24, 2.45) is 0 Å². The summed E-state index contributed by atoms with van der Waals surface area (Å²) in [7, 11) is 0. The Bertz CT molecular complexity index is 62.0. The normalized spacial score (nSPS) is 12.0. The van der Waals surface area contributed by atoms with Crippen molar-refractivity contribution >= 4 is 11.6 Å². The van der Waals surface area contributed by atoms with E-state index in [1.807, 2.05) is 0 Å². The van der Waals surface area contributed by atoms with Gasteiger partial charge in [0.25, 0.3) is 0 Å². The van der Waals surface area contributed by atoms with Crippen LogP contribution in [0.1, 0.15) is 0 Å². The van der Waals surface area contributed by atoms with Crippen molar-refractivity contribution < 1.29 is 17.9 Å². The molecule has 0 bridgehead atoms. The smallest absolute Gasteiger partial charge is 0.356 e.